The van der Waals surface area contributed by atoms with Gasteiger partial charge in [0, 0.05) is 11.8 Å². The van der Waals surface area contributed by atoms with Gasteiger partial charge >= 0.3 is 5.30 Å². The van der Waals surface area contributed by atoms with E-state index in [-0.39, 0.29) is 5.16 Å². The van der Waals surface area contributed by atoms with Crippen molar-refractivity contribution < 1.29 is 9.53 Å². The molecule has 0 unspecified atom stereocenters. The van der Waals surface area contributed by atoms with Gasteiger partial charge in [-0.25, -0.2) is 4.79 Å². The summed E-state index contributed by atoms with van der Waals surface area (Å²) in [6, 6.07) is 0. The molecule has 1 heterocycles. The summed E-state index contributed by atoms with van der Waals surface area (Å²) >= 11 is 0.798. The maximum Gasteiger partial charge on any atom is 0.375 e. The van der Waals surface area contributed by atoms with Crippen molar-refractivity contribution in [2.45, 2.75) is 12.1 Å². The average Bonchev–Trinajstić information content (AvgIpc) is 2.40. The summed E-state index contributed by atoms with van der Waals surface area (Å²) in [6.45, 7) is 2.08. The van der Waals surface area contributed by atoms with Crippen molar-refractivity contribution >= 4 is 17.1 Å². The Morgan fingerprint density at radius 1 is 1.82 bits per heavy atom. The highest BCUT2D eigenvalue weighted by Crippen LogP contribution is 2.12. The fourth-order valence-corrected chi connectivity index (χ4v) is 0.912. The smallest absolute Gasteiger partial charge is 0.375 e. The van der Waals surface area contributed by atoms with Crippen LogP contribution < -0.4 is 0 Å². The zero-order valence-corrected chi connectivity index (χ0v) is 6.59. The van der Waals surface area contributed by atoms with Crippen molar-refractivity contribution in [2.75, 3.05) is 6.61 Å². The zero-order chi connectivity index (χ0) is 8.10. The third kappa shape index (κ3) is 2.54. The summed E-state index contributed by atoms with van der Waals surface area (Å²) < 4.78 is 4.62. The van der Waals surface area contributed by atoms with E-state index in [0.717, 1.165) is 11.8 Å². The summed E-state index contributed by atoms with van der Waals surface area (Å²) in [6.07, 6.45) is 0. The number of carbonyl (C=O) groups is 1. The van der Waals surface area contributed by atoms with Gasteiger partial charge in [0.1, 0.15) is 0 Å². The number of carbonyl (C=O) groups excluding carboxylic acids is 1. The van der Waals surface area contributed by atoms with Gasteiger partial charge in [0.25, 0.3) is 0 Å². The van der Waals surface area contributed by atoms with Crippen LogP contribution in [-0.2, 0) is 4.74 Å². The first-order valence-corrected chi connectivity index (χ1v) is 3.72. The largest absolute Gasteiger partial charge is 0.458 e. The summed E-state index contributed by atoms with van der Waals surface area (Å²) in [5.74, 6) is 0. The second kappa shape index (κ2) is 3.91. The van der Waals surface area contributed by atoms with Gasteiger partial charge in [-0.2, -0.15) is 5.21 Å². The molecule has 11 heavy (non-hydrogen) atoms. The molecule has 60 valence electrons. The Kier molecular flexibility index (Phi) is 2.84. The van der Waals surface area contributed by atoms with E-state index < -0.39 is 5.30 Å². The molecule has 0 aliphatic heterocycles. The highest BCUT2D eigenvalue weighted by Gasteiger charge is 2.07. The van der Waals surface area contributed by atoms with Gasteiger partial charge in [0.2, 0.25) is 5.16 Å². The second-order valence-corrected chi connectivity index (χ2v) is 2.38. The van der Waals surface area contributed by atoms with E-state index >= 15 is 0 Å². The summed E-state index contributed by atoms with van der Waals surface area (Å²) in [5.41, 5.74) is 0. The number of tetrazole rings is 1. The standard InChI is InChI=1S/C4H6N4O2S/c1-2-10-4(9)11-3-5-7-8-6-3/h2H2,1H3,(H,5,6,7,8). The van der Waals surface area contributed by atoms with Crippen molar-refractivity contribution in [3.05, 3.63) is 0 Å². The van der Waals surface area contributed by atoms with E-state index in [2.05, 4.69) is 25.4 Å². The van der Waals surface area contributed by atoms with Gasteiger partial charge in [-0.05, 0) is 12.1 Å². The lowest BCUT2D eigenvalue weighted by Gasteiger charge is -1.94. The molecule has 6 nitrogen and oxygen atoms in total. The molecule has 1 N–H and O–H groups in total. The Morgan fingerprint density at radius 3 is 3.18 bits per heavy atom. The lowest BCUT2D eigenvalue weighted by molar-refractivity contribution is 0.181. The van der Waals surface area contributed by atoms with Gasteiger partial charge in [-0.1, -0.05) is 0 Å². The fourth-order valence-electron chi connectivity index (χ4n) is 0.418. The number of aromatic nitrogens is 4. The molecule has 0 spiro atoms. The lowest BCUT2D eigenvalue weighted by Crippen LogP contribution is -1.96. The molecule has 0 saturated heterocycles. The molecule has 0 aromatic carbocycles. The van der Waals surface area contributed by atoms with Gasteiger partial charge in [0.05, 0.1) is 6.61 Å². The minimum absolute atomic E-state index is 0.267. The summed E-state index contributed by atoms with van der Waals surface area (Å²) in [5, 5.41) is 12.4. The topological polar surface area (TPSA) is 80.8 Å². The predicted octanol–water partition coefficient (Wildman–Crippen LogP) is 0.448. The van der Waals surface area contributed by atoms with E-state index in [0.29, 0.717) is 6.61 Å². The van der Waals surface area contributed by atoms with Gasteiger partial charge in [-0.3, -0.25) is 0 Å². The van der Waals surface area contributed by atoms with E-state index in [1.807, 2.05) is 0 Å². The van der Waals surface area contributed by atoms with E-state index in [9.17, 15) is 4.79 Å². The second-order valence-electron chi connectivity index (χ2n) is 1.48. The van der Waals surface area contributed by atoms with Crippen LogP contribution in [0, 0.1) is 0 Å². The molecule has 1 aromatic rings. The monoisotopic (exact) mass is 174 g/mol. The third-order valence-electron chi connectivity index (χ3n) is 0.763. The molecule has 1 rings (SSSR count). The Balaban J connectivity index is 2.37. The Labute approximate surface area is 66.7 Å². The molecule has 0 radical (unpaired) electrons. The number of thioether (sulfide) groups is 1. The van der Waals surface area contributed by atoms with E-state index in [1.165, 1.54) is 0 Å². The van der Waals surface area contributed by atoms with Crippen molar-refractivity contribution in [2.24, 2.45) is 0 Å². The predicted molar refractivity (Wildman–Crippen MR) is 37.1 cm³/mol. The van der Waals surface area contributed by atoms with Crippen LogP contribution in [0.1, 0.15) is 6.92 Å². The Morgan fingerprint density at radius 2 is 2.64 bits per heavy atom. The van der Waals surface area contributed by atoms with Crippen LogP contribution in [0.25, 0.3) is 0 Å². The molecular formula is C4H6N4O2S. The third-order valence-corrected chi connectivity index (χ3v) is 1.40. The number of aromatic amines is 1. The summed E-state index contributed by atoms with van der Waals surface area (Å²) in [4.78, 5) is 10.7. The number of nitrogens with one attached hydrogen (secondary N) is 1. The number of ether oxygens (including phenoxy) is 1. The number of hydrogen-bond acceptors (Lipinski definition) is 6. The molecule has 7 heteroatoms. The van der Waals surface area contributed by atoms with Crippen LogP contribution in [0.4, 0.5) is 4.79 Å². The molecule has 0 fully saturated rings. The maximum absolute atomic E-state index is 10.7. The SMILES string of the molecule is CCOC(=O)Sc1nn[nH]n1. The maximum atomic E-state index is 10.7. The molecule has 0 bridgehead atoms. The van der Waals surface area contributed by atoms with Crippen LogP contribution in [0.15, 0.2) is 5.16 Å². The molecule has 0 saturated carbocycles. The number of rotatable bonds is 2. The first kappa shape index (κ1) is 7.99. The van der Waals surface area contributed by atoms with Gasteiger partial charge in [-0.15, -0.1) is 10.2 Å². The van der Waals surface area contributed by atoms with Crippen LogP contribution in [0.2, 0.25) is 0 Å². The van der Waals surface area contributed by atoms with Crippen molar-refractivity contribution in [3.63, 3.8) is 0 Å². The Hall–Kier alpha value is -1.11. The lowest BCUT2D eigenvalue weighted by atomic mass is 10.9. The van der Waals surface area contributed by atoms with Crippen molar-refractivity contribution in [1.82, 2.24) is 20.6 Å². The Bertz CT molecular complexity index is 224. The number of nitrogens with zero attached hydrogens (tertiary/aromatic N) is 3. The summed E-state index contributed by atoms with van der Waals surface area (Å²) in [7, 11) is 0. The molecule has 0 amide bonds. The molecule has 0 aliphatic rings. The fraction of sp³-hybridized carbons (Fsp3) is 0.500. The van der Waals surface area contributed by atoms with Crippen LogP contribution >= 0.6 is 11.8 Å². The average molecular weight is 174 g/mol. The van der Waals surface area contributed by atoms with Gasteiger partial charge in [0.15, 0.2) is 0 Å². The first-order chi connectivity index (χ1) is 5.33. The highest BCUT2D eigenvalue weighted by atomic mass is 32.2. The first-order valence-electron chi connectivity index (χ1n) is 2.91. The molecular weight excluding hydrogens is 168 g/mol. The van der Waals surface area contributed by atoms with Crippen molar-refractivity contribution in [1.29, 1.82) is 0 Å². The molecule has 0 atom stereocenters. The van der Waals surface area contributed by atoms with Crippen molar-refractivity contribution in [3.8, 4) is 0 Å². The minimum atomic E-state index is -0.422. The van der Waals surface area contributed by atoms with Crippen LogP contribution in [0.3, 0.4) is 0 Å². The zero-order valence-electron chi connectivity index (χ0n) is 5.77. The quantitative estimate of drug-likeness (QED) is 0.517. The highest BCUT2D eigenvalue weighted by molar-refractivity contribution is 8.13. The van der Waals surface area contributed by atoms with Crippen LogP contribution in [0.5, 0.6) is 0 Å². The molecule has 0 aliphatic carbocycles. The minimum Gasteiger partial charge on any atom is -0.458 e. The van der Waals surface area contributed by atoms with E-state index in [4.69, 9.17) is 0 Å². The molecule has 1 aromatic heterocycles. The van der Waals surface area contributed by atoms with Crippen LogP contribution in [-0.4, -0.2) is 32.5 Å². The normalized spacial score (nSPS) is 9.55. The number of H-pyrrole nitrogens is 1. The van der Waals surface area contributed by atoms with E-state index in [1.54, 1.807) is 6.92 Å². The van der Waals surface area contributed by atoms with Gasteiger partial charge < -0.3 is 4.74 Å². The number of hydrogen-bond donors (Lipinski definition) is 1.